The molecule has 2 N–H and O–H groups in total. The molecule has 0 spiro atoms. The quantitative estimate of drug-likeness (QED) is 0.801. The van der Waals surface area contributed by atoms with E-state index in [9.17, 15) is 4.79 Å². The van der Waals surface area contributed by atoms with Crippen LogP contribution in [0, 0.1) is 5.92 Å². The number of hydrogen-bond acceptors (Lipinski definition) is 3. The molecule has 0 fully saturated rings. The summed E-state index contributed by atoms with van der Waals surface area (Å²) in [5, 5.41) is 5.73. The number of methoxy groups -OCH3 is 1. The molecule has 4 nitrogen and oxygen atoms in total. The lowest BCUT2D eigenvalue weighted by molar-refractivity contribution is -0.120. The molecule has 0 radical (unpaired) electrons. The van der Waals surface area contributed by atoms with Gasteiger partial charge in [0.15, 0.2) is 0 Å². The number of benzene rings is 1. The van der Waals surface area contributed by atoms with Crippen LogP contribution in [0.2, 0.25) is 0 Å². The lowest BCUT2D eigenvalue weighted by Crippen LogP contribution is -2.35. The Labute approximate surface area is 121 Å². The second-order valence-electron chi connectivity index (χ2n) is 4.49. The molecule has 0 saturated carbocycles. The molecular formula is C14H23ClN2O2. The Balaban J connectivity index is 0.00000324. The third-order valence-electron chi connectivity index (χ3n) is 2.73. The molecule has 5 heteroatoms. The molecule has 1 aromatic carbocycles. The van der Waals surface area contributed by atoms with Crippen molar-refractivity contribution < 1.29 is 9.53 Å². The van der Waals surface area contributed by atoms with Crippen LogP contribution < -0.4 is 15.4 Å². The van der Waals surface area contributed by atoms with Crippen molar-refractivity contribution in [2.45, 2.75) is 13.3 Å². The number of likely N-dealkylation sites (N-methyl/N-ethyl adjacent to an activating group) is 1. The van der Waals surface area contributed by atoms with Gasteiger partial charge in [-0.1, -0.05) is 19.1 Å². The Bertz CT molecular complexity index is 368. The van der Waals surface area contributed by atoms with Crippen LogP contribution in [0.1, 0.15) is 12.5 Å². The lowest BCUT2D eigenvalue weighted by atomic mass is 10.0. The molecule has 1 aromatic rings. The van der Waals surface area contributed by atoms with Crippen LogP contribution in [0.15, 0.2) is 24.3 Å². The van der Waals surface area contributed by atoms with Gasteiger partial charge in [-0.15, -0.1) is 12.4 Å². The van der Waals surface area contributed by atoms with E-state index in [1.54, 1.807) is 14.2 Å². The van der Waals surface area contributed by atoms with Gasteiger partial charge in [0.1, 0.15) is 5.75 Å². The van der Waals surface area contributed by atoms with Crippen molar-refractivity contribution in [3.63, 3.8) is 0 Å². The largest absolute Gasteiger partial charge is 0.497 e. The predicted octanol–water partition coefficient (Wildman–Crippen LogP) is 1.63. The Morgan fingerprint density at radius 3 is 2.47 bits per heavy atom. The fourth-order valence-electron chi connectivity index (χ4n) is 1.75. The number of rotatable bonds is 7. The van der Waals surface area contributed by atoms with Crippen molar-refractivity contribution in [3.05, 3.63) is 29.8 Å². The van der Waals surface area contributed by atoms with Crippen LogP contribution >= 0.6 is 12.4 Å². The van der Waals surface area contributed by atoms with Gasteiger partial charge in [0.25, 0.3) is 0 Å². The average molecular weight is 287 g/mol. The summed E-state index contributed by atoms with van der Waals surface area (Å²) in [5.41, 5.74) is 1.26. The summed E-state index contributed by atoms with van der Waals surface area (Å²) < 4.78 is 5.12. The Morgan fingerprint density at radius 1 is 1.32 bits per heavy atom. The zero-order valence-corrected chi connectivity index (χ0v) is 12.5. The van der Waals surface area contributed by atoms with E-state index in [1.165, 1.54) is 5.56 Å². The van der Waals surface area contributed by atoms with E-state index < -0.39 is 0 Å². The van der Waals surface area contributed by atoms with Crippen LogP contribution in [-0.4, -0.2) is 33.2 Å². The summed E-state index contributed by atoms with van der Waals surface area (Å²) >= 11 is 0. The maximum atomic E-state index is 11.3. The minimum Gasteiger partial charge on any atom is -0.497 e. The number of halogens is 1. The van der Waals surface area contributed by atoms with Gasteiger partial charge in [0.2, 0.25) is 5.91 Å². The fraction of sp³-hybridized carbons (Fsp3) is 0.500. The van der Waals surface area contributed by atoms with E-state index in [-0.39, 0.29) is 18.3 Å². The van der Waals surface area contributed by atoms with Crippen molar-refractivity contribution in [1.82, 2.24) is 10.6 Å². The van der Waals surface area contributed by atoms with E-state index in [0.717, 1.165) is 12.2 Å². The van der Waals surface area contributed by atoms with E-state index >= 15 is 0 Å². The summed E-state index contributed by atoms with van der Waals surface area (Å²) in [5.74, 6) is 1.33. The maximum Gasteiger partial charge on any atom is 0.233 e. The summed E-state index contributed by atoms with van der Waals surface area (Å²) in [6.07, 6.45) is 0.948. The molecule has 0 aliphatic carbocycles. The maximum absolute atomic E-state index is 11.3. The Hall–Kier alpha value is -1.26. The third kappa shape index (κ3) is 7.03. The minimum absolute atomic E-state index is 0. The Morgan fingerprint density at radius 2 is 1.95 bits per heavy atom. The molecule has 0 bridgehead atoms. The number of ether oxygens (including phenoxy) is 1. The highest BCUT2D eigenvalue weighted by atomic mass is 35.5. The highest BCUT2D eigenvalue weighted by molar-refractivity contribution is 5.85. The summed E-state index contributed by atoms with van der Waals surface area (Å²) in [7, 11) is 3.43. The molecule has 0 aliphatic rings. The average Bonchev–Trinajstić information content (AvgIpc) is 2.38. The summed E-state index contributed by atoms with van der Waals surface area (Å²) in [6.45, 7) is 3.20. The second kappa shape index (κ2) is 9.64. The van der Waals surface area contributed by atoms with Gasteiger partial charge < -0.3 is 15.4 Å². The van der Waals surface area contributed by atoms with Crippen LogP contribution in [0.3, 0.4) is 0 Å². The highest BCUT2D eigenvalue weighted by Gasteiger charge is 2.06. The number of amides is 1. The van der Waals surface area contributed by atoms with Crippen LogP contribution in [0.4, 0.5) is 0 Å². The van der Waals surface area contributed by atoms with Crippen LogP contribution in [-0.2, 0) is 11.2 Å². The molecule has 1 unspecified atom stereocenters. The number of carbonyl (C=O) groups excluding carboxylic acids is 1. The Kier molecular flexibility index (Phi) is 9.00. The molecule has 19 heavy (non-hydrogen) atoms. The smallest absolute Gasteiger partial charge is 0.233 e. The molecule has 0 aliphatic heterocycles. The molecular weight excluding hydrogens is 264 g/mol. The molecule has 1 atom stereocenters. The lowest BCUT2D eigenvalue weighted by Gasteiger charge is -2.13. The normalized spacial score (nSPS) is 11.3. The van der Waals surface area contributed by atoms with E-state index in [4.69, 9.17) is 4.74 Å². The van der Waals surface area contributed by atoms with E-state index in [1.807, 2.05) is 12.1 Å². The van der Waals surface area contributed by atoms with Gasteiger partial charge in [0, 0.05) is 6.54 Å². The minimum atomic E-state index is 0. The number of hydrogen-bond donors (Lipinski definition) is 2. The number of nitrogens with one attached hydrogen (secondary N) is 2. The molecule has 108 valence electrons. The zero-order valence-electron chi connectivity index (χ0n) is 11.7. The van der Waals surface area contributed by atoms with Crippen molar-refractivity contribution in [3.8, 4) is 5.75 Å². The van der Waals surface area contributed by atoms with Gasteiger partial charge in [0.05, 0.1) is 13.7 Å². The number of carbonyl (C=O) groups is 1. The fourth-order valence-corrected chi connectivity index (χ4v) is 1.75. The monoisotopic (exact) mass is 286 g/mol. The first-order valence-corrected chi connectivity index (χ1v) is 6.20. The van der Waals surface area contributed by atoms with Gasteiger partial charge in [-0.2, -0.15) is 0 Å². The molecule has 0 heterocycles. The molecule has 0 aromatic heterocycles. The van der Waals surface area contributed by atoms with Crippen molar-refractivity contribution >= 4 is 18.3 Å². The molecule has 1 rings (SSSR count). The SMILES string of the molecule is CNCC(=O)NCC(C)Cc1ccc(OC)cc1.Cl. The summed E-state index contributed by atoms with van der Waals surface area (Å²) in [4.78, 5) is 11.3. The van der Waals surface area contributed by atoms with Gasteiger partial charge >= 0.3 is 0 Å². The van der Waals surface area contributed by atoms with Crippen LogP contribution in [0.5, 0.6) is 5.75 Å². The van der Waals surface area contributed by atoms with E-state index in [2.05, 4.69) is 29.7 Å². The standard InChI is InChI=1S/C14H22N2O2.ClH/c1-11(9-16-14(17)10-15-2)8-12-4-6-13(18-3)7-5-12;/h4-7,11,15H,8-10H2,1-3H3,(H,16,17);1H. The van der Waals surface area contributed by atoms with Crippen LogP contribution in [0.25, 0.3) is 0 Å². The first kappa shape index (κ1) is 17.7. The second-order valence-corrected chi connectivity index (χ2v) is 4.49. The summed E-state index contributed by atoms with van der Waals surface area (Å²) in [6, 6.07) is 8.04. The molecule has 1 amide bonds. The van der Waals surface area contributed by atoms with Crippen molar-refractivity contribution in [2.24, 2.45) is 5.92 Å². The van der Waals surface area contributed by atoms with Gasteiger partial charge in [-0.25, -0.2) is 0 Å². The highest BCUT2D eigenvalue weighted by Crippen LogP contribution is 2.14. The first-order valence-electron chi connectivity index (χ1n) is 6.20. The van der Waals surface area contributed by atoms with Gasteiger partial charge in [-0.05, 0) is 37.1 Å². The third-order valence-corrected chi connectivity index (χ3v) is 2.73. The van der Waals surface area contributed by atoms with Gasteiger partial charge in [-0.3, -0.25) is 4.79 Å². The van der Waals surface area contributed by atoms with Crippen molar-refractivity contribution in [1.29, 1.82) is 0 Å². The van der Waals surface area contributed by atoms with E-state index in [0.29, 0.717) is 19.0 Å². The zero-order chi connectivity index (χ0) is 13.4. The predicted molar refractivity (Wildman–Crippen MR) is 80.0 cm³/mol. The first-order chi connectivity index (χ1) is 8.65. The topological polar surface area (TPSA) is 50.4 Å². The molecule has 0 saturated heterocycles. The van der Waals surface area contributed by atoms with Crippen molar-refractivity contribution in [2.75, 3.05) is 27.2 Å².